The van der Waals surface area contributed by atoms with Gasteiger partial charge in [-0.15, -0.1) is 0 Å². The van der Waals surface area contributed by atoms with Gasteiger partial charge in [0, 0.05) is 13.1 Å². The first-order chi connectivity index (χ1) is 9.77. The Morgan fingerprint density at radius 3 is 2.33 bits per heavy atom. The molecule has 0 fully saturated rings. The molecule has 3 amide bonds. The molecule has 21 heavy (non-hydrogen) atoms. The zero-order valence-corrected chi connectivity index (χ0v) is 13.1. The molecule has 4 N–H and O–H groups in total. The van der Waals surface area contributed by atoms with E-state index in [-0.39, 0.29) is 19.0 Å². The number of carbonyl (C=O) groups excluding carboxylic acids is 2. The van der Waals surface area contributed by atoms with Crippen LogP contribution in [0.3, 0.4) is 0 Å². The minimum atomic E-state index is -0.931. The van der Waals surface area contributed by atoms with E-state index in [0.29, 0.717) is 13.0 Å². The van der Waals surface area contributed by atoms with Crippen LogP contribution in [0, 0.1) is 11.8 Å². The second kappa shape index (κ2) is 10.0. The monoisotopic (exact) mass is 301 g/mol. The second-order valence-electron chi connectivity index (χ2n) is 5.59. The number of rotatable bonds is 10. The molecule has 122 valence electrons. The van der Waals surface area contributed by atoms with Crippen molar-refractivity contribution in [2.24, 2.45) is 17.6 Å². The lowest BCUT2D eigenvalue weighted by Gasteiger charge is -2.23. The molecule has 0 aromatic carbocycles. The largest absolute Gasteiger partial charge is 0.481 e. The normalized spacial score (nSPS) is 12.0. The van der Waals surface area contributed by atoms with Crippen molar-refractivity contribution in [3.63, 3.8) is 0 Å². The molecule has 7 heteroatoms. The van der Waals surface area contributed by atoms with Crippen molar-refractivity contribution in [1.29, 1.82) is 0 Å². The quantitative estimate of drug-likeness (QED) is 0.559. The molecule has 0 spiro atoms. The maximum Gasteiger partial charge on any atom is 0.317 e. The van der Waals surface area contributed by atoms with Crippen LogP contribution in [0.25, 0.3) is 0 Å². The fourth-order valence-corrected chi connectivity index (χ4v) is 1.95. The molecule has 0 aromatic heterocycles. The first-order valence-electron chi connectivity index (χ1n) is 7.31. The summed E-state index contributed by atoms with van der Waals surface area (Å²) in [6, 6.07) is -0.447. The third-order valence-corrected chi connectivity index (χ3v) is 3.02. The summed E-state index contributed by atoms with van der Waals surface area (Å²) in [5.74, 6) is -1.92. The average Bonchev–Trinajstić information content (AvgIpc) is 2.37. The van der Waals surface area contributed by atoms with Gasteiger partial charge >= 0.3 is 12.0 Å². The molecular formula is C14H27N3O4. The number of hydrogen-bond donors (Lipinski definition) is 3. The number of nitrogens with one attached hydrogen (secondary N) is 1. The second-order valence-corrected chi connectivity index (χ2v) is 5.59. The van der Waals surface area contributed by atoms with E-state index in [1.165, 1.54) is 4.90 Å². The highest BCUT2D eigenvalue weighted by Crippen LogP contribution is 2.11. The smallest absolute Gasteiger partial charge is 0.317 e. The fraction of sp³-hybridized carbons (Fsp3) is 0.786. The van der Waals surface area contributed by atoms with Crippen molar-refractivity contribution in [2.75, 3.05) is 19.6 Å². The number of aliphatic carboxylic acids is 1. The fourth-order valence-electron chi connectivity index (χ4n) is 1.95. The van der Waals surface area contributed by atoms with Crippen LogP contribution in [0.2, 0.25) is 0 Å². The first kappa shape index (κ1) is 19.2. The van der Waals surface area contributed by atoms with Gasteiger partial charge in [-0.2, -0.15) is 0 Å². The molecule has 0 radical (unpaired) electrons. The van der Waals surface area contributed by atoms with Crippen LogP contribution in [0.1, 0.15) is 40.0 Å². The van der Waals surface area contributed by atoms with Crippen LogP contribution in [0.4, 0.5) is 4.79 Å². The van der Waals surface area contributed by atoms with Gasteiger partial charge in [0.25, 0.3) is 0 Å². The van der Waals surface area contributed by atoms with E-state index in [1.807, 2.05) is 20.8 Å². The van der Waals surface area contributed by atoms with Crippen LogP contribution in [0.15, 0.2) is 0 Å². The van der Waals surface area contributed by atoms with Crippen LogP contribution >= 0.6 is 0 Å². The number of carboxylic acid groups (broad SMARTS) is 1. The Morgan fingerprint density at radius 1 is 1.29 bits per heavy atom. The van der Waals surface area contributed by atoms with Gasteiger partial charge < -0.3 is 21.1 Å². The predicted octanol–water partition coefficient (Wildman–Crippen LogP) is 1.03. The van der Waals surface area contributed by atoms with Gasteiger partial charge in [-0.25, -0.2) is 4.79 Å². The maximum absolute atomic E-state index is 12.0. The Morgan fingerprint density at radius 2 is 1.90 bits per heavy atom. The van der Waals surface area contributed by atoms with Gasteiger partial charge in [0.1, 0.15) is 6.54 Å². The SMILES string of the molecule is CCCCN(CC(N)=O)C(=O)NCC(CC(C)C)C(=O)O. The average molecular weight is 301 g/mol. The van der Waals surface area contributed by atoms with Crippen molar-refractivity contribution in [1.82, 2.24) is 10.2 Å². The topological polar surface area (TPSA) is 113 Å². The van der Waals surface area contributed by atoms with E-state index in [0.717, 1.165) is 12.8 Å². The maximum atomic E-state index is 12.0. The number of primary amides is 1. The minimum Gasteiger partial charge on any atom is -0.481 e. The van der Waals surface area contributed by atoms with Crippen molar-refractivity contribution in [3.05, 3.63) is 0 Å². The third kappa shape index (κ3) is 8.88. The highest BCUT2D eigenvalue weighted by molar-refractivity contribution is 5.83. The standard InChI is InChI=1S/C14H27N3O4/c1-4-5-6-17(9-12(15)18)14(21)16-8-11(13(19)20)7-10(2)3/h10-11H,4-9H2,1-3H3,(H2,15,18)(H,16,21)(H,19,20). The summed E-state index contributed by atoms with van der Waals surface area (Å²) in [6.45, 7) is 6.15. The lowest BCUT2D eigenvalue weighted by atomic mass is 9.97. The van der Waals surface area contributed by atoms with Crippen LogP contribution in [-0.4, -0.2) is 47.5 Å². The number of nitrogens with two attached hydrogens (primary N) is 1. The van der Waals surface area contributed by atoms with Crippen molar-refractivity contribution >= 4 is 17.9 Å². The van der Waals surface area contributed by atoms with Crippen LogP contribution in [0.5, 0.6) is 0 Å². The molecule has 0 bridgehead atoms. The molecule has 7 nitrogen and oxygen atoms in total. The predicted molar refractivity (Wildman–Crippen MR) is 79.7 cm³/mol. The Balaban J connectivity index is 4.50. The first-order valence-corrected chi connectivity index (χ1v) is 7.31. The Hall–Kier alpha value is -1.79. The van der Waals surface area contributed by atoms with Gasteiger partial charge in [0.15, 0.2) is 0 Å². The van der Waals surface area contributed by atoms with Crippen LogP contribution < -0.4 is 11.1 Å². The summed E-state index contributed by atoms with van der Waals surface area (Å²) >= 11 is 0. The zero-order chi connectivity index (χ0) is 16.4. The summed E-state index contributed by atoms with van der Waals surface area (Å²) in [5.41, 5.74) is 5.12. The van der Waals surface area contributed by atoms with E-state index >= 15 is 0 Å². The Labute approximate surface area is 125 Å². The van der Waals surface area contributed by atoms with E-state index in [9.17, 15) is 14.4 Å². The van der Waals surface area contributed by atoms with Crippen molar-refractivity contribution < 1.29 is 19.5 Å². The van der Waals surface area contributed by atoms with Gasteiger partial charge in [0.2, 0.25) is 5.91 Å². The number of amides is 3. The number of unbranched alkanes of at least 4 members (excludes halogenated alkanes) is 1. The molecule has 0 aliphatic heterocycles. The van der Waals surface area contributed by atoms with Crippen LogP contribution in [-0.2, 0) is 9.59 Å². The molecule has 0 saturated carbocycles. The number of hydrogen-bond acceptors (Lipinski definition) is 3. The summed E-state index contributed by atoms with van der Waals surface area (Å²) in [6.07, 6.45) is 2.13. The highest BCUT2D eigenvalue weighted by atomic mass is 16.4. The van der Waals surface area contributed by atoms with Gasteiger partial charge in [-0.05, 0) is 18.8 Å². The Bertz CT molecular complexity index is 358. The number of carbonyl (C=O) groups is 3. The highest BCUT2D eigenvalue weighted by Gasteiger charge is 2.21. The lowest BCUT2D eigenvalue weighted by Crippen LogP contribution is -2.46. The molecule has 0 aliphatic rings. The number of carboxylic acids is 1. The number of urea groups is 1. The van der Waals surface area contributed by atoms with E-state index in [4.69, 9.17) is 10.8 Å². The van der Waals surface area contributed by atoms with E-state index in [1.54, 1.807) is 0 Å². The molecule has 0 rings (SSSR count). The summed E-state index contributed by atoms with van der Waals surface area (Å²) in [5, 5.41) is 11.7. The van der Waals surface area contributed by atoms with Gasteiger partial charge in [-0.1, -0.05) is 27.2 Å². The minimum absolute atomic E-state index is 0.0493. The van der Waals surface area contributed by atoms with Gasteiger partial charge in [0.05, 0.1) is 5.92 Å². The third-order valence-electron chi connectivity index (χ3n) is 3.02. The number of nitrogens with zero attached hydrogens (tertiary/aromatic N) is 1. The molecule has 1 atom stereocenters. The lowest BCUT2D eigenvalue weighted by molar-refractivity contribution is -0.142. The van der Waals surface area contributed by atoms with E-state index < -0.39 is 23.8 Å². The van der Waals surface area contributed by atoms with Crippen molar-refractivity contribution in [3.8, 4) is 0 Å². The molecule has 1 unspecified atom stereocenters. The molecular weight excluding hydrogens is 274 g/mol. The summed E-state index contributed by atoms with van der Waals surface area (Å²) in [7, 11) is 0. The van der Waals surface area contributed by atoms with Crippen molar-refractivity contribution in [2.45, 2.75) is 40.0 Å². The summed E-state index contributed by atoms with van der Waals surface area (Å²) in [4.78, 5) is 35.4. The molecule has 0 aromatic rings. The molecule has 0 heterocycles. The molecule has 0 aliphatic carbocycles. The summed E-state index contributed by atoms with van der Waals surface area (Å²) < 4.78 is 0. The van der Waals surface area contributed by atoms with E-state index in [2.05, 4.69) is 5.32 Å². The molecule has 0 saturated heterocycles. The Kier molecular flexibility index (Phi) is 9.16. The van der Waals surface area contributed by atoms with Gasteiger partial charge in [-0.3, -0.25) is 9.59 Å². The zero-order valence-electron chi connectivity index (χ0n) is 13.1.